The molecule has 0 aliphatic rings. The van der Waals surface area contributed by atoms with Gasteiger partial charge in [0.15, 0.2) is 0 Å². The largest absolute Gasteiger partial charge is 0.497 e. The lowest BCUT2D eigenvalue weighted by atomic mass is 10.1. The third kappa shape index (κ3) is 15.7. The summed E-state index contributed by atoms with van der Waals surface area (Å²) in [5.74, 6) is -0.823. The maximum absolute atomic E-state index is 12.8. The molecular formula is C39H56ClN5O8. The van der Waals surface area contributed by atoms with Crippen molar-refractivity contribution >= 4 is 62.9 Å². The highest BCUT2D eigenvalue weighted by atomic mass is 35.5. The number of fused-ring (bicyclic) bond motifs is 2. The smallest absolute Gasteiger partial charge is 0.320 e. The molecule has 0 aliphatic heterocycles. The van der Waals surface area contributed by atoms with Crippen LogP contribution in [0.3, 0.4) is 0 Å². The molecular weight excluding hydrogens is 702 g/mol. The predicted molar refractivity (Wildman–Crippen MR) is 207 cm³/mol. The number of nitrogens with zero attached hydrogens (tertiary/aromatic N) is 3. The maximum atomic E-state index is 12.8. The Morgan fingerprint density at radius 1 is 0.660 bits per heavy atom. The molecule has 0 fully saturated rings. The molecule has 13 nitrogen and oxygen atoms in total. The van der Waals surface area contributed by atoms with E-state index in [1.54, 1.807) is 37.7 Å². The van der Waals surface area contributed by atoms with Gasteiger partial charge in [0.2, 0.25) is 5.91 Å². The van der Waals surface area contributed by atoms with Crippen molar-refractivity contribution in [2.75, 3.05) is 84.6 Å². The first kappa shape index (κ1) is 43.2. The van der Waals surface area contributed by atoms with Gasteiger partial charge in [0.05, 0.1) is 69.8 Å². The van der Waals surface area contributed by atoms with E-state index in [1.807, 2.05) is 36.4 Å². The number of unbranched alkanes of at least 4 members (excludes halogenated alkanes) is 6. The summed E-state index contributed by atoms with van der Waals surface area (Å²) in [4.78, 5) is 57.3. The van der Waals surface area contributed by atoms with E-state index >= 15 is 0 Å². The van der Waals surface area contributed by atoms with Crippen LogP contribution in [0.15, 0.2) is 36.4 Å². The number of pyridine rings is 1. The van der Waals surface area contributed by atoms with Crippen molar-refractivity contribution in [1.29, 1.82) is 0 Å². The number of rotatable bonds is 26. The van der Waals surface area contributed by atoms with E-state index in [-0.39, 0.29) is 65.0 Å². The summed E-state index contributed by atoms with van der Waals surface area (Å²) in [6.07, 6.45) is 7.31. The highest BCUT2D eigenvalue weighted by Gasteiger charge is 2.20. The summed E-state index contributed by atoms with van der Waals surface area (Å²) in [5, 5.41) is 9.30. The van der Waals surface area contributed by atoms with E-state index < -0.39 is 17.9 Å². The SMILES string of the molecule is CCOC(=O)CN(CCN(CC(=O)OCC)CC(=O)OCC)CC(=O)NCCCCCCCCCNc1c2ccc(Cl)cc2nc2ccc(OC)cc12. The number of carbonyl (C=O) groups excluding carboxylic acids is 4. The van der Waals surface area contributed by atoms with Crippen LogP contribution in [-0.4, -0.2) is 118 Å². The molecule has 2 aromatic carbocycles. The number of hydrogen-bond acceptors (Lipinski definition) is 12. The van der Waals surface area contributed by atoms with E-state index in [9.17, 15) is 19.2 Å². The summed E-state index contributed by atoms with van der Waals surface area (Å²) < 4.78 is 20.6. The van der Waals surface area contributed by atoms with E-state index in [0.29, 0.717) is 11.6 Å². The number of hydrogen-bond donors (Lipinski definition) is 2. The van der Waals surface area contributed by atoms with Crippen LogP contribution in [0.25, 0.3) is 21.8 Å². The van der Waals surface area contributed by atoms with E-state index in [2.05, 4.69) is 10.6 Å². The monoisotopic (exact) mass is 757 g/mol. The average molecular weight is 758 g/mol. The first-order chi connectivity index (χ1) is 25.7. The molecule has 0 atom stereocenters. The molecule has 292 valence electrons. The molecule has 53 heavy (non-hydrogen) atoms. The number of halogens is 1. The molecule has 0 spiro atoms. The molecule has 0 saturated carbocycles. The van der Waals surface area contributed by atoms with Gasteiger partial charge < -0.3 is 29.6 Å². The Balaban J connectivity index is 1.37. The summed E-state index contributed by atoms with van der Waals surface area (Å²) in [7, 11) is 1.66. The second kappa shape index (κ2) is 24.2. The van der Waals surface area contributed by atoms with Gasteiger partial charge in [0, 0.05) is 42.0 Å². The lowest BCUT2D eigenvalue weighted by Crippen LogP contribution is -2.46. The molecule has 0 unspecified atom stereocenters. The highest BCUT2D eigenvalue weighted by molar-refractivity contribution is 6.31. The fourth-order valence-electron chi connectivity index (χ4n) is 5.93. The number of esters is 3. The van der Waals surface area contributed by atoms with Crippen molar-refractivity contribution in [3.8, 4) is 5.75 Å². The summed E-state index contributed by atoms with van der Waals surface area (Å²) in [5.41, 5.74) is 2.77. The first-order valence-electron chi connectivity index (χ1n) is 18.7. The Bertz CT molecular complexity index is 1600. The number of ether oxygens (including phenoxy) is 4. The third-order valence-electron chi connectivity index (χ3n) is 8.49. The summed E-state index contributed by atoms with van der Waals surface area (Å²) in [6, 6.07) is 11.7. The highest BCUT2D eigenvalue weighted by Crippen LogP contribution is 2.34. The lowest BCUT2D eigenvalue weighted by Gasteiger charge is -2.25. The number of methoxy groups -OCH3 is 1. The second-order valence-corrected chi connectivity index (χ2v) is 13.1. The van der Waals surface area contributed by atoms with Crippen LogP contribution >= 0.6 is 11.6 Å². The number of amides is 1. The van der Waals surface area contributed by atoms with Crippen molar-refractivity contribution < 1.29 is 38.1 Å². The topological polar surface area (TPSA) is 149 Å². The average Bonchev–Trinajstić information content (AvgIpc) is 3.12. The Hall–Kier alpha value is -4.20. The van der Waals surface area contributed by atoms with Gasteiger partial charge in [0.25, 0.3) is 0 Å². The molecule has 0 saturated heterocycles. The molecule has 1 amide bonds. The molecule has 1 heterocycles. The minimum Gasteiger partial charge on any atom is -0.497 e. The van der Waals surface area contributed by atoms with Crippen molar-refractivity contribution in [3.63, 3.8) is 0 Å². The van der Waals surface area contributed by atoms with Crippen LogP contribution in [0.1, 0.15) is 65.7 Å². The molecule has 0 radical (unpaired) electrons. The summed E-state index contributed by atoms with van der Waals surface area (Å²) in [6.45, 7) is 7.30. The number of nitrogens with one attached hydrogen (secondary N) is 2. The zero-order valence-electron chi connectivity index (χ0n) is 31.7. The Kier molecular flexibility index (Phi) is 19.7. The molecule has 3 rings (SSSR count). The van der Waals surface area contributed by atoms with Gasteiger partial charge in [-0.05, 0) is 70.0 Å². The van der Waals surface area contributed by atoms with Gasteiger partial charge in [-0.25, -0.2) is 4.98 Å². The van der Waals surface area contributed by atoms with Crippen molar-refractivity contribution in [3.05, 3.63) is 41.4 Å². The van der Waals surface area contributed by atoms with Gasteiger partial charge in [-0.2, -0.15) is 0 Å². The molecule has 0 aliphatic carbocycles. The zero-order valence-corrected chi connectivity index (χ0v) is 32.4. The molecule has 3 aromatic rings. The van der Waals surface area contributed by atoms with Crippen LogP contribution in [0.5, 0.6) is 5.75 Å². The summed E-state index contributed by atoms with van der Waals surface area (Å²) >= 11 is 6.26. The fourth-order valence-corrected chi connectivity index (χ4v) is 6.09. The quantitative estimate of drug-likeness (QED) is 0.0455. The van der Waals surface area contributed by atoms with Crippen LogP contribution in [-0.2, 0) is 33.4 Å². The first-order valence-corrected chi connectivity index (χ1v) is 19.0. The standard InChI is InChI=1S/C39H56ClN5O8/c1-5-51-36(47)26-44(21-22-45(27-37(48)52-6-2)28-38(49)53-7-3)25-35(46)41-19-13-11-9-8-10-12-14-20-42-39-31-17-15-29(40)23-34(31)43-33-18-16-30(50-4)24-32(33)39/h15-18,23-24H,5-14,19-22,25-28H2,1-4H3,(H,41,46)(H,42,43). The van der Waals surface area contributed by atoms with E-state index in [1.165, 1.54) is 0 Å². The van der Waals surface area contributed by atoms with Crippen molar-refractivity contribution in [2.24, 2.45) is 0 Å². The number of carbonyl (C=O) groups is 4. The minimum atomic E-state index is -0.472. The lowest BCUT2D eigenvalue weighted by molar-refractivity contribution is -0.149. The molecule has 14 heteroatoms. The van der Waals surface area contributed by atoms with Gasteiger partial charge in [-0.15, -0.1) is 0 Å². The Labute approximate surface area is 318 Å². The van der Waals surface area contributed by atoms with E-state index in [0.717, 1.165) is 84.7 Å². The molecule has 2 N–H and O–H groups in total. The van der Waals surface area contributed by atoms with Crippen LogP contribution in [0, 0.1) is 0 Å². The maximum Gasteiger partial charge on any atom is 0.320 e. The number of aromatic nitrogens is 1. The zero-order chi connectivity index (χ0) is 38.4. The van der Waals surface area contributed by atoms with Crippen LogP contribution in [0.2, 0.25) is 5.02 Å². The number of benzene rings is 2. The van der Waals surface area contributed by atoms with Crippen LogP contribution < -0.4 is 15.4 Å². The Morgan fingerprint density at radius 3 is 1.77 bits per heavy atom. The molecule has 1 aromatic heterocycles. The van der Waals surface area contributed by atoms with Gasteiger partial charge in [0.1, 0.15) is 5.75 Å². The fraction of sp³-hybridized carbons (Fsp3) is 0.564. The molecule has 0 bridgehead atoms. The normalized spacial score (nSPS) is 11.2. The van der Waals surface area contributed by atoms with Crippen molar-refractivity contribution in [2.45, 2.75) is 65.7 Å². The van der Waals surface area contributed by atoms with Gasteiger partial charge in [-0.3, -0.25) is 29.0 Å². The second-order valence-electron chi connectivity index (χ2n) is 12.6. The predicted octanol–water partition coefficient (Wildman–Crippen LogP) is 5.60. The van der Waals surface area contributed by atoms with Crippen LogP contribution in [0.4, 0.5) is 5.69 Å². The van der Waals surface area contributed by atoms with Gasteiger partial charge >= 0.3 is 17.9 Å². The van der Waals surface area contributed by atoms with E-state index in [4.69, 9.17) is 35.5 Å². The Morgan fingerprint density at radius 2 is 1.21 bits per heavy atom. The van der Waals surface area contributed by atoms with Crippen molar-refractivity contribution in [1.82, 2.24) is 20.1 Å². The number of anilines is 1. The third-order valence-corrected chi connectivity index (χ3v) is 8.73. The minimum absolute atomic E-state index is 0.0220. The van der Waals surface area contributed by atoms with Gasteiger partial charge in [-0.1, -0.05) is 43.7 Å².